The highest BCUT2D eigenvalue weighted by molar-refractivity contribution is 4.91. The van der Waals surface area contributed by atoms with Gasteiger partial charge in [-0.25, -0.2) is 0 Å². The fraction of sp³-hybridized carbons (Fsp3) is 1.00. The van der Waals surface area contributed by atoms with Crippen LogP contribution in [0.2, 0.25) is 0 Å². The summed E-state index contributed by atoms with van der Waals surface area (Å²) in [5.41, 5.74) is -0.347. The second-order valence-corrected chi connectivity index (χ2v) is 5.76. The third-order valence-corrected chi connectivity index (χ3v) is 3.90. The topological polar surface area (TPSA) is 32.3 Å². The largest absolute Gasteiger partial charge is 0.387 e. The minimum absolute atomic E-state index is 0.347. The molecule has 102 valence electrons. The summed E-state index contributed by atoms with van der Waals surface area (Å²) >= 11 is 0. The molecule has 1 rings (SSSR count). The van der Waals surface area contributed by atoms with Gasteiger partial charge in [-0.2, -0.15) is 0 Å². The molecule has 0 aromatic carbocycles. The van der Waals surface area contributed by atoms with Crippen LogP contribution in [-0.2, 0) is 0 Å². The molecule has 0 unspecified atom stereocenters. The predicted octanol–water partition coefficient (Wildman–Crippen LogP) is 3.63. The van der Waals surface area contributed by atoms with Crippen molar-refractivity contribution >= 4 is 0 Å². The van der Waals surface area contributed by atoms with Crippen molar-refractivity contribution in [1.82, 2.24) is 5.32 Å². The Morgan fingerprint density at radius 3 is 1.71 bits per heavy atom. The molecule has 0 atom stereocenters. The molecule has 1 heterocycles. The molecule has 0 saturated carbocycles. The third kappa shape index (κ3) is 7.05. The number of aliphatic hydroxyl groups is 1. The summed E-state index contributed by atoms with van der Waals surface area (Å²) in [7, 11) is 0. The van der Waals surface area contributed by atoms with E-state index < -0.39 is 0 Å². The van der Waals surface area contributed by atoms with Gasteiger partial charge in [0.2, 0.25) is 0 Å². The molecule has 0 bridgehead atoms. The van der Waals surface area contributed by atoms with Crippen LogP contribution in [0.25, 0.3) is 0 Å². The Morgan fingerprint density at radius 2 is 1.29 bits per heavy atom. The first kappa shape index (κ1) is 15.0. The number of rotatable bonds is 11. The highest BCUT2D eigenvalue weighted by atomic mass is 16.3. The van der Waals surface area contributed by atoms with E-state index in [0.717, 1.165) is 19.5 Å². The highest BCUT2D eigenvalue weighted by Gasteiger charge is 2.32. The molecule has 2 nitrogen and oxygen atoms in total. The average molecular weight is 241 g/mol. The van der Waals surface area contributed by atoms with E-state index in [2.05, 4.69) is 12.2 Å². The lowest BCUT2D eigenvalue weighted by Gasteiger charge is -2.37. The summed E-state index contributed by atoms with van der Waals surface area (Å²) in [6.07, 6.45) is 14.7. The van der Waals surface area contributed by atoms with E-state index in [1.807, 2.05) is 0 Å². The maximum absolute atomic E-state index is 9.87. The van der Waals surface area contributed by atoms with Crippen LogP contribution in [-0.4, -0.2) is 23.8 Å². The van der Waals surface area contributed by atoms with Crippen LogP contribution in [0, 0.1) is 0 Å². The zero-order valence-electron chi connectivity index (χ0n) is 11.6. The van der Waals surface area contributed by atoms with E-state index in [-0.39, 0.29) is 5.60 Å². The summed E-state index contributed by atoms with van der Waals surface area (Å²) in [6.45, 7) is 3.89. The Morgan fingerprint density at radius 1 is 0.824 bits per heavy atom. The van der Waals surface area contributed by atoms with Gasteiger partial charge in [0.05, 0.1) is 5.60 Å². The van der Waals surface area contributed by atoms with Crippen molar-refractivity contribution in [2.45, 2.75) is 83.2 Å². The van der Waals surface area contributed by atoms with E-state index in [1.54, 1.807) is 0 Å². The minimum Gasteiger partial charge on any atom is -0.387 e. The Hall–Kier alpha value is -0.0800. The van der Waals surface area contributed by atoms with Crippen molar-refractivity contribution in [1.29, 1.82) is 0 Å². The van der Waals surface area contributed by atoms with Crippen LogP contribution in [0.15, 0.2) is 0 Å². The van der Waals surface area contributed by atoms with Gasteiger partial charge in [-0.15, -0.1) is 0 Å². The first-order chi connectivity index (χ1) is 8.27. The maximum Gasteiger partial charge on any atom is 0.0895 e. The van der Waals surface area contributed by atoms with E-state index in [0.29, 0.717) is 0 Å². The molecule has 0 radical (unpaired) electrons. The van der Waals surface area contributed by atoms with E-state index >= 15 is 0 Å². The molecular weight excluding hydrogens is 210 g/mol. The lowest BCUT2D eigenvalue weighted by Crippen LogP contribution is -2.59. The van der Waals surface area contributed by atoms with Crippen LogP contribution < -0.4 is 5.32 Å². The first-order valence-corrected chi connectivity index (χ1v) is 7.70. The number of hydrogen-bond acceptors (Lipinski definition) is 2. The van der Waals surface area contributed by atoms with Gasteiger partial charge in [0.1, 0.15) is 0 Å². The van der Waals surface area contributed by atoms with Gasteiger partial charge in [0.15, 0.2) is 0 Å². The molecule has 0 spiro atoms. The fourth-order valence-corrected chi connectivity index (χ4v) is 2.53. The highest BCUT2D eigenvalue weighted by Crippen LogP contribution is 2.20. The van der Waals surface area contributed by atoms with Crippen molar-refractivity contribution < 1.29 is 5.11 Å². The summed E-state index contributed by atoms with van der Waals surface area (Å²) in [5, 5.41) is 13.0. The Bertz CT molecular complexity index is 178. The standard InChI is InChI=1S/C15H31NO/c1-2-3-4-5-6-7-8-9-10-11-12-15(17)13-16-14-15/h16-17H,2-14H2,1H3. The monoisotopic (exact) mass is 241 g/mol. The third-order valence-electron chi connectivity index (χ3n) is 3.90. The number of β-amino-alcohol motifs (C(OH)–C–C–N with tert-alkyl or cyclic N) is 1. The second-order valence-electron chi connectivity index (χ2n) is 5.76. The molecule has 2 N–H and O–H groups in total. The van der Waals surface area contributed by atoms with Crippen LogP contribution in [0.3, 0.4) is 0 Å². The molecule has 0 amide bonds. The summed E-state index contributed by atoms with van der Waals surface area (Å²) in [4.78, 5) is 0. The molecule has 0 aromatic heterocycles. The minimum atomic E-state index is -0.347. The summed E-state index contributed by atoms with van der Waals surface area (Å²) in [6, 6.07) is 0. The van der Waals surface area contributed by atoms with Gasteiger partial charge in [-0.05, 0) is 6.42 Å². The zero-order chi connectivity index (χ0) is 12.4. The quantitative estimate of drug-likeness (QED) is 0.541. The maximum atomic E-state index is 9.87. The van der Waals surface area contributed by atoms with Crippen molar-refractivity contribution in [2.24, 2.45) is 0 Å². The van der Waals surface area contributed by atoms with Crippen LogP contribution in [0.4, 0.5) is 0 Å². The fourth-order valence-electron chi connectivity index (χ4n) is 2.53. The first-order valence-electron chi connectivity index (χ1n) is 7.70. The van der Waals surface area contributed by atoms with E-state index in [9.17, 15) is 5.11 Å². The normalized spacial score (nSPS) is 18.0. The van der Waals surface area contributed by atoms with Crippen LogP contribution in [0.5, 0.6) is 0 Å². The molecule has 17 heavy (non-hydrogen) atoms. The van der Waals surface area contributed by atoms with E-state index in [1.165, 1.54) is 64.2 Å². The van der Waals surface area contributed by atoms with Crippen LogP contribution in [0.1, 0.15) is 77.6 Å². The molecule has 1 aliphatic rings. The number of nitrogens with one attached hydrogen (secondary N) is 1. The van der Waals surface area contributed by atoms with Gasteiger partial charge in [-0.1, -0.05) is 71.1 Å². The van der Waals surface area contributed by atoms with E-state index in [4.69, 9.17) is 0 Å². The van der Waals surface area contributed by atoms with Crippen molar-refractivity contribution in [3.8, 4) is 0 Å². The molecule has 1 aliphatic heterocycles. The molecule has 0 aromatic rings. The Balaban J connectivity index is 1.72. The van der Waals surface area contributed by atoms with Crippen molar-refractivity contribution in [3.63, 3.8) is 0 Å². The lowest BCUT2D eigenvalue weighted by atomic mass is 9.90. The number of unbranched alkanes of at least 4 members (excludes halogenated alkanes) is 9. The Labute approximate surface area is 107 Å². The lowest BCUT2D eigenvalue weighted by molar-refractivity contribution is -0.0191. The van der Waals surface area contributed by atoms with Gasteiger partial charge in [0, 0.05) is 13.1 Å². The molecule has 0 aliphatic carbocycles. The molecule has 1 fully saturated rings. The van der Waals surface area contributed by atoms with Crippen LogP contribution >= 0.6 is 0 Å². The van der Waals surface area contributed by atoms with Gasteiger partial charge in [-0.3, -0.25) is 0 Å². The van der Waals surface area contributed by atoms with Gasteiger partial charge < -0.3 is 10.4 Å². The molecular formula is C15H31NO. The van der Waals surface area contributed by atoms with Crippen molar-refractivity contribution in [2.75, 3.05) is 13.1 Å². The second kappa shape index (κ2) is 8.93. The van der Waals surface area contributed by atoms with Gasteiger partial charge in [0.25, 0.3) is 0 Å². The summed E-state index contributed by atoms with van der Waals surface area (Å²) < 4.78 is 0. The SMILES string of the molecule is CCCCCCCCCCCCC1(O)CNC1. The van der Waals surface area contributed by atoms with Crippen molar-refractivity contribution in [3.05, 3.63) is 0 Å². The molecule has 2 heteroatoms. The Kier molecular flexibility index (Phi) is 7.87. The zero-order valence-corrected chi connectivity index (χ0v) is 11.6. The predicted molar refractivity (Wildman–Crippen MR) is 74.3 cm³/mol. The summed E-state index contributed by atoms with van der Waals surface area (Å²) in [5.74, 6) is 0. The smallest absolute Gasteiger partial charge is 0.0895 e. The van der Waals surface area contributed by atoms with Gasteiger partial charge >= 0.3 is 0 Å². The molecule has 1 saturated heterocycles. The number of hydrogen-bond donors (Lipinski definition) is 2. The average Bonchev–Trinajstić information content (AvgIpc) is 2.29.